The molecule has 0 aliphatic carbocycles. The maximum absolute atomic E-state index is 12.9. The fraction of sp³-hybridized carbons (Fsp3) is 1.00. The molecule has 0 atom stereocenters. The summed E-state index contributed by atoms with van der Waals surface area (Å²) in [5, 5.41) is 0. The minimum Gasteiger partial charge on any atom is -0.193 e. The molecule has 0 aromatic rings. The van der Waals surface area contributed by atoms with E-state index in [4.69, 9.17) is 0 Å². The largest absolute Gasteiger partial charge is 0.346 e. The molecule has 0 bridgehead atoms. The van der Waals surface area contributed by atoms with Gasteiger partial charge in [0.2, 0.25) is 0 Å². The van der Waals surface area contributed by atoms with Crippen LogP contribution in [0.2, 0.25) is 0 Å². The van der Waals surface area contributed by atoms with Gasteiger partial charge in [-0.25, -0.2) is 0 Å². The van der Waals surface area contributed by atoms with Crippen molar-refractivity contribution in [3.05, 3.63) is 0 Å². The van der Waals surface area contributed by atoms with Crippen LogP contribution in [0.25, 0.3) is 0 Å². The van der Waals surface area contributed by atoms with Crippen LogP contribution in [-0.2, 0) is 0 Å². The third-order valence-corrected chi connectivity index (χ3v) is 12.4. The minimum atomic E-state index is -5.10. The van der Waals surface area contributed by atoms with Crippen LogP contribution in [0.1, 0.15) is 0 Å². The smallest absolute Gasteiger partial charge is 0.193 e. The fourth-order valence-electron chi connectivity index (χ4n) is 0.825. The summed E-state index contributed by atoms with van der Waals surface area (Å²) in [6.07, 6.45) is 0. The highest BCUT2D eigenvalue weighted by Crippen LogP contribution is 2.91. The van der Waals surface area contributed by atoms with E-state index in [0.717, 1.165) is 0 Å². The normalized spacial score (nSPS) is 39.4. The molecule has 0 spiro atoms. The molecule has 0 aromatic carbocycles. The van der Waals surface area contributed by atoms with Crippen LogP contribution >= 0.6 is 55.2 Å². The third-order valence-electron chi connectivity index (χ3n) is 1.71. The zero-order valence-corrected chi connectivity index (χ0v) is 12.8. The van der Waals surface area contributed by atoms with Crippen molar-refractivity contribution < 1.29 is 35.1 Å². The Morgan fingerprint density at radius 1 is 0.500 bits per heavy atom. The summed E-state index contributed by atoms with van der Waals surface area (Å²) in [6, 6.07) is 0. The van der Waals surface area contributed by atoms with Crippen LogP contribution in [0.4, 0.5) is 35.1 Å². The number of halogens is 10. The SMILES string of the molecule is FC1(F)P(I)C(F)(F)C(F)(F)P(I)C1(F)F. The molecule has 1 rings (SSSR count). The molecule has 1 aliphatic heterocycles. The summed E-state index contributed by atoms with van der Waals surface area (Å²) >= 11 is 0.629. The van der Waals surface area contributed by atoms with Gasteiger partial charge in [-0.05, 0) is 44.1 Å². The molecule has 96 valence electrons. The number of hydrogen-bond acceptors (Lipinski definition) is 0. The minimum absolute atomic E-state index is 0.315. The van der Waals surface area contributed by atoms with Crippen molar-refractivity contribution in [2.75, 3.05) is 0 Å². The van der Waals surface area contributed by atoms with Crippen molar-refractivity contribution >= 4 is 55.2 Å². The van der Waals surface area contributed by atoms with Crippen molar-refractivity contribution in [3.63, 3.8) is 0 Å². The Morgan fingerprint density at radius 3 is 0.750 bits per heavy atom. The molecule has 0 amide bonds. The quantitative estimate of drug-likeness (QED) is 0.210. The van der Waals surface area contributed by atoms with Gasteiger partial charge >= 0.3 is 22.7 Å². The first-order valence-electron chi connectivity index (χ1n) is 3.24. The van der Waals surface area contributed by atoms with E-state index >= 15 is 0 Å². The summed E-state index contributed by atoms with van der Waals surface area (Å²) in [5.41, 5.74) is -28.7. The van der Waals surface area contributed by atoms with Gasteiger partial charge in [-0.1, -0.05) is 0 Å². The van der Waals surface area contributed by atoms with Crippen molar-refractivity contribution in [1.29, 1.82) is 0 Å². The highest BCUT2D eigenvalue weighted by atomic mass is 127. The second kappa shape index (κ2) is 4.13. The van der Waals surface area contributed by atoms with E-state index in [1.807, 2.05) is 0 Å². The third kappa shape index (κ3) is 1.79. The lowest BCUT2D eigenvalue weighted by Gasteiger charge is -2.46. The zero-order valence-electron chi connectivity index (χ0n) is 6.67. The summed E-state index contributed by atoms with van der Waals surface area (Å²) in [4.78, 5) is 0. The predicted molar refractivity (Wildman–Crippen MR) is 61.7 cm³/mol. The van der Waals surface area contributed by atoms with Gasteiger partial charge in [-0.2, -0.15) is 35.1 Å². The first-order valence-corrected chi connectivity index (χ1v) is 11.5. The van der Waals surface area contributed by atoms with Gasteiger partial charge in [0.15, 0.2) is 0 Å². The van der Waals surface area contributed by atoms with Gasteiger partial charge in [0.1, 0.15) is 11.1 Å². The van der Waals surface area contributed by atoms with E-state index in [2.05, 4.69) is 0 Å². The molecule has 1 fully saturated rings. The van der Waals surface area contributed by atoms with Crippen LogP contribution in [0.3, 0.4) is 0 Å². The Kier molecular flexibility index (Phi) is 4.08. The molecular weight excluding hydrogens is 516 g/mol. The topological polar surface area (TPSA) is 0 Å². The molecule has 16 heavy (non-hydrogen) atoms. The Morgan fingerprint density at radius 2 is 0.625 bits per heavy atom. The molecular formula is C4F8I2P2. The molecule has 1 aliphatic rings. The van der Waals surface area contributed by atoms with Gasteiger partial charge in [-0.15, -0.1) is 0 Å². The predicted octanol–water partition coefficient (Wildman–Crippen LogP) is 6.04. The van der Waals surface area contributed by atoms with Crippen molar-refractivity contribution in [2.45, 2.75) is 22.7 Å². The maximum atomic E-state index is 12.9. The molecule has 1 saturated heterocycles. The van der Waals surface area contributed by atoms with Crippen LogP contribution in [0, 0.1) is 0 Å². The van der Waals surface area contributed by atoms with E-state index in [1.54, 1.807) is 0 Å². The standard InChI is InChI=1S/C4F8I2P2/c5-1(6)2(7,8)16(14)4(11,12)3(9,10)15(1)13. The molecule has 0 unspecified atom stereocenters. The molecule has 1 heterocycles. The fourth-order valence-corrected chi connectivity index (χ4v) is 9.60. The van der Waals surface area contributed by atoms with E-state index in [9.17, 15) is 35.1 Å². The number of hydrogen-bond donors (Lipinski definition) is 0. The highest BCUT2D eigenvalue weighted by molar-refractivity contribution is 14.2. The van der Waals surface area contributed by atoms with Crippen molar-refractivity contribution in [3.8, 4) is 0 Å². The number of rotatable bonds is 0. The molecule has 0 nitrogen and oxygen atoms in total. The van der Waals surface area contributed by atoms with Crippen molar-refractivity contribution in [2.24, 2.45) is 0 Å². The van der Waals surface area contributed by atoms with Crippen LogP contribution in [0.15, 0.2) is 0 Å². The first-order chi connectivity index (χ1) is 6.81. The Hall–Kier alpha value is 1.76. The van der Waals surface area contributed by atoms with E-state index in [-0.39, 0.29) is 0 Å². The maximum Gasteiger partial charge on any atom is 0.346 e. The monoisotopic (exact) mass is 516 g/mol. The summed E-state index contributed by atoms with van der Waals surface area (Å²) in [5.74, 6) is 0. The Balaban J connectivity index is 3.39. The lowest BCUT2D eigenvalue weighted by Crippen LogP contribution is -2.53. The highest BCUT2D eigenvalue weighted by Gasteiger charge is 2.85. The van der Waals surface area contributed by atoms with Gasteiger partial charge in [0.25, 0.3) is 0 Å². The Bertz CT molecular complexity index is 248. The molecule has 0 N–H and O–H groups in total. The second-order valence-corrected chi connectivity index (χ2v) is 11.9. The first kappa shape index (κ1) is 15.8. The van der Waals surface area contributed by atoms with Crippen LogP contribution < -0.4 is 0 Å². The summed E-state index contributed by atoms with van der Waals surface area (Å²) < 4.78 is 103. The van der Waals surface area contributed by atoms with Gasteiger partial charge in [0.05, 0.1) is 0 Å². The molecule has 0 saturated carbocycles. The molecule has 12 heteroatoms. The Labute approximate surface area is 112 Å². The van der Waals surface area contributed by atoms with Crippen LogP contribution in [0.5, 0.6) is 0 Å². The zero-order chi connectivity index (χ0) is 13.2. The summed E-state index contributed by atoms with van der Waals surface area (Å²) in [6.45, 7) is 0. The number of alkyl halides is 8. The average molecular weight is 516 g/mol. The van der Waals surface area contributed by atoms with E-state index in [0.29, 0.717) is 44.1 Å². The van der Waals surface area contributed by atoms with Crippen molar-refractivity contribution in [1.82, 2.24) is 0 Å². The van der Waals surface area contributed by atoms with Gasteiger partial charge in [-0.3, -0.25) is 0 Å². The summed E-state index contributed by atoms with van der Waals surface area (Å²) in [7, 11) is 0. The van der Waals surface area contributed by atoms with E-state index < -0.39 is 33.8 Å². The molecule has 0 aromatic heterocycles. The van der Waals surface area contributed by atoms with Gasteiger partial charge < -0.3 is 0 Å². The van der Waals surface area contributed by atoms with E-state index in [1.165, 1.54) is 0 Å². The second-order valence-electron chi connectivity index (χ2n) is 2.73. The lowest BCUT2D eigenvalue weighted by molar-refractivity contribution is -0.147. The lowest BCUT2D eigenvalue weighted by atomic mass is 10.7. The average Bonchev–Trinajstić information content (AvgIpc) is 2.13. The van der Waals surface area contributed by atoms with Gasteiger partial charge in [0, 0.05) is 0 Å². The van der Waals surface area contributed by atoms with Crippen LogP contribution in [-0.4, -0.2) is 22.7 Å². The molecule has 0 radical (unpaired) electrons.